The lowest BCUT2D eigenvalue weighted by Gasteiger charge is -2.04. The molecule has 5 nitrogen and oxygen atoms in total. The molecule has 1 amide bonds. The minimum Gasteiger partial charge on any atom is -0.380 e. The maximum atomic E-state index is 12.2. The Hall–Kier alpha value is -1.79. The van der Waals surface area contributed by atoms with Crippen LogP contribution in [0.4, 0.5) is 5.13 Å². The molecule has 1 aromatic heterocycles. The van der Waals surface area contributed by atoms with Crippen LogP contribution in [-0.2, 0) is 17.8 Å². The van der Waals surface area contributed by atoms with Gasteiger partial charge in [0.1, 0.15) is 5.01 Å². The molecular weight excluding hydrogens is 310 g/mol. The fourth-order valence-electron chi connectivity index (χ4n) is 2.94. The molecule has 0 saturated heterocycles. The summed E-state index contributed by atoms with van der Waals surface area (Å²) in [6.45, 7) is 0.544. The summed E-state index contributed by atoms with van der Waals surface area (Å²) in [5, 5.41) is 12.7. The molecule has 0 bridgehead atoms. The van der Waals surface area contributed by atoms with Gasteiger partial charge in [-0.1, -0.05) is 49.2 Å². The van der Waals surface area contributed by atoms with Gasteiger partial charge in [-0.05, 0) is 23.6 Å². The van der Waals surface area contributed by atoms with Crippen LogP contribution in [0.1, 0.15) is 46.6 Å². The molecule has 1 N–H and O–H groups in total. The Labute approximate surface area is 140 Å². The molecule has 0 spiro atoms. The lowest BCUT2D eigenvalue weighted by molar-refractivity contribution is 0.102. The van der Waals surface area contributed by atoms with Gasteiger partial charge in [-0.3, -0.25) is 10.1 Å². The van der Waals surface area contributed by atoms with Gasteiger partial charge < -0.3 is 4.74 Å². The summed E-state index contributed by atoms with van der Waals surface area (Å²) in [6.07, 6.45) is 6.21. The van der Waals surface area contributed by atoms with Crippen LogP contribution in [0.5, 0.6) is 0 Å². The number of aromatic nitrogens is 2. The quantitative estimate of drug-likeness (QED) is 0.877. The van der Waals surface area contributed by atoms with Crippen molar-refractivity contribution in [3.05, 3.63) is 40.4 Å². The topological polar surface area (TPSA) is 64.1 Å². The molecule has 2 aromatic rings. The van der Waals surface area contributed by atoms with E-state index in [1.165, 1.54) is 37.0 Å². The number of methoxy groups -OCH3 is 1. The number of carbonyl (C=O) groups excluding carboxylic acids is 1. The maximum absolute atomic E-state index is 12.2. The number of anilines is 1. The first kappa shape index (κ1) is 16.1. The summed E-state index contributed by atoms with van der Waals surface area (Å²) < 4.78 is 5.06. The van der Waals surface area contributed by atoms with Crippen LogP contribution in [0.2, 0.25) is 0 Å². The van der Waals surface area contributed by atoms with Crippen LogP contribution in [0.15, 0.2) is 24.3 Å². The smallest absolute Gasteiger partial charge is 0.257 e. The third kappa shape index (κ3) is 4.36. The normalized spacial score (nSPS) is 15.0. The van der Waals surface area contributed by atoms with Crippen molar-refractivity contribution >= 4 is 22.4 Å². The van der Waals surface area contributed by atoms with Crippen LogP contribution < -0.4 is 5.32 Å². The lowest BCUT2D eigenvalue weighted by atomic mass is 10.1. The highest BCUT2D eigenvalue weighted by atomic mass is 32.1. The first-order valence-corrected chi connectivity index (χ1v) is 8.78. The largest absolute Gasteiger partial charge is 0.380 e. The molecule has 1 saturated carbocycles. The number of nitrogens with one attached hydrogen (secondary N) is 1. The molecule has 0 unspecified atom stereocenters. The standard InChI is InChI=1S/C17H21N3O2S/c1-22-11-13-6-8-14(9-7-13)16(21)18-17-20-19-15(23-17)10-12-4-2-3-5-12/h6-9,12H,2-5,10-11H2,1H3,(H,18,20,21). The number of nitrogens with zero attached hydrogens (tertiary/aromatic N) is 2. The Bertz CT molecular complexity index is 648. The molecule has 3 rings (SSSR count). The SMILES string of the molecule is COCc1ccc(C(=O)Nc2nnc(CC3CCCC3)s2)cc1. The predicted molar refractivity (Wildman–Crippen MR) is 90.7 cm³/mol. The number of hydrogen-bond donors (Lipinski definition) is 1. The van der Waals surface area contributed by atoms with E-state index in [9.17, 15) is 4.79 Å². The predicted octanol–water partition coefficient (Wildman–Crippen LogP) is 3.67. The van der Waals surface area contributed by atoms with Gasteiger partial charge in [0.2, 0.25) is 5.13 Å². The molecule has 6 heteroatoms. The van der Waals surface area contributed by atoms with Gasteiger partial charge in [-0.25, -0.2) is 0 Å². The van der Waals surface area contributed by atoms with Gasteiger partial charge in [-0.15, -0.1) is 10.2 Å². The molecule has 122 valence electrons. The van der Waals surface area contributed by atoms with Gasteiger partial charge in [0, 0.05) is 19.1 Å². The van der Waals surface area contributed by atoms with Crippen molar-refractivity contribution in [1.29, 1.82) is 0 Å². The summed E-state index contributed by atoms with van der Waals surface area (Å²) >= 11 is 1.48. The van der Waals surface area contributed by atoms with E-state index in [2.05, 4.69) is 15.5 Å². The van der Waals surface area contributed by atoms with Crippen molar-refractivity contribution in [2.45, 2.75) is 38.7 Å². The van der Waals surface area contributed by atoms with Crippen LogP contribution in [-0.4, -0.2) is 23.2 Å². The van der Waals surface area contributed by atoms with Gasteiger partial charge in [0.25, 0.3) is 5.91 Å². The number of ether oxygens (including phenoxy) is 1. The molecule has 1 aromatic carbocycles. The third-order valence-corrected chi connectivity index (χ3v) is 5.01. The second-order valence-corrected chi connectivity index (χ2v) is 7.00. The van der Waals surface area contributed by atoms with Gasteiger partial charge in [0.05, 0.1) is 6.61 Å². The van der Waals surface area contributed by atoms with Crippen molar-refractivity contribution in [3.63, 3.8) is 0 Å². The highest BCUT2D eigenvalue weighted by Crippen LogP contribution is 2.29. The van der Waals surface area contributed by atoms with Crippen LogP contribution >= 0.6 is 11.3 Å². The summed E-state index contributed by atoms with van der Waals surface area (Å²) in [5.74, 6) is 0.581. The highest BCUT2D eigenvalue weighted by molar-refractivity contribution is 7.15. The zero-order chi connectivity index (χ0) is 16.1. The van der Waals surface area contributed by atoms with E-state index in [1.807, 2.05) is 12.1 Å². The Morgan fingerprint density at radius 2 is 2.00 bits per heavy atom. The van der Waals surface area contributed by atoms with Gasteiger partial charge in [-0.2, -0.15) is 0 Å². The van der Waals surface area contributed by atoms with E-state index in [1.54, 1.807) is 19.2 Å². The lowest BCUT2D eigenvalue weighted by Crippen LogP contribution is -2.11. The fourth-order valence-corrected chi connectivity index (χ4v) is 3.79. The summed E-state index contributed by atoms with van der Waals surface area (Å²) in [6, 6.07) is 7.38. The molecule has 0 aliphatic heterocycles. The van der Waals surface area contributed by atoms with Crippen molar-refractivity contribution in [2.75, 3.05) is 12.4 Å². The molecule has 1 aliphatic rings. The van der Waals surface area contributed by atoms with E-state index in [0.717, 1.165) is 22.9 Å². The number of carbonyl (C=O) groups is 1. The molecule has 0 atom stereocenters. The first-order valence-electron chi connectivity index (χ1n) is 7.96. The first-order chi connectivity index (χ1) is 11.2. The van der Waals surface area contributed by atoms with Gasteiger partial charge >= 0.3 is 0 Å². The highest BCUT2D eigenvalue weighted by Gasteiger charge is 2.18. The second kappa shape index (κ2) is 7.66. The second-order valence-electron chi connectivity index (χ2n) is 5.94. The Morgan fingerprint density at radius 3 is 2.70 bits per heavy atom. The number of hydrogen-bond acceptors (Lipinski definition) is 5. The Morgan fingerprint density at radius 1 is 1.26 bits per heavy atom. The Balaban J connectivity index is 1.57. The van der Waals surface area contributed by atoms with Crippen molar-refractivity contribution < 1.29 is 9.53 Å². The molecule has 23 heavy (non-hydrogen) atoms. The monoisotopic (exact) mass is 331 g/mol. The number of benzene rings is 1. The molecule has 1 fully saturated rings. The summed E-state index contributed by atoms with van der Waals surface area (Å²) in [4.78, 5) is 12.2. The van der Waals surface area contributed by atoms with E-state index in [-0.39, 0.29) is 5.91 Å². The minimum atomic E-state index is -0.155. The number of amides is 1. The summed E-state index contributed by atoms with van der Waals surface area (Å²) in [7, 11) is 1.65. The zero-order valence-corrected chi connectivity index (χ0v) is 14.1. The average Bonchev–Trinajstić information content (AvgIpc) is 3.21. The third-order valence-electron chi connectivity index (χ3n) is 4.15. The van der Waals surface area contributed by atoms with Crippen LogP contribution in [0.3, 0.4) is 0 Å². The molecule has 1 heterocycles. The van der Waals surface area contributed by atoms with Crippen molar-refractivity contribution in [3.8, 4) is 0 Å². The van der Waals surface area contributed by atoms with E-state index in [0.29, 0.717) is 17.3 Å². The van der Waals surface area contributed by atoms with Crippen LogP contribution in [0, 0.1) is 5.92 Å². The van der Waals surface area contributed by atoms with E-state index < -0.39 is 0 Å². The maximum Gasteiger partial charge on any atom is 0.257 e. The van der Waals surface area contributed by atoms with Crippen molar-refractivity contribution in [1.82, 2.24) is 10.2 Å². The van der Waals surface area contributed by atoms with Crippen LogP contribution in [0.25, 0.3) is 0 Å². The fraction of sp³-hybridized carbons (Fsp3) is 0.471. The average molecular weight is 331 g/mol. The van der Waals surface area contributed by atoms with Gasteiger partial charge in [0.15, 0.2) is 0 Å². The van der Waals surface area contributed by atoms with Crippen molar-refractivity contribution in [2.24, 2.45) is 5.92 Å². The molecule has 0 radical (unpaired) electrons. The van der Waals surface area contributed by atoms with E-state index >= 15 is 0 Å². The molecule has 1 aliphatic carbocycles. The number of rotatable bonds is 6. The van der Waals surface area contributed by atoms with E-state index in [4.69, 9.17) is 4.74 Å². The Kier molecular flexibility index (Phi) is 5.35. The summed E-state index contributed by atoms with van der Waals surface area (Å²) in [5.41, 5.74) is 1.65. The molecular formula is C17H21N3O2S. The minimum absolute atomic E-state index is 0.155. The zero-order valence-electron chi connectivity index (χ0n) is 13.2.